The van der Waals surface area contributed by atoms with Crippen LogP contribution in [-0.2, 0) is 14.3 Å². The number of carbonyl (C=O) groups is 3. The van der Waals surface area contributed by atoms with Gasteiger partial charge in [-0.1, -0.05) is 0 Å². The summed E-state index contributed by atoms with van der Waals surface area (Å²) >= 11 is 0. The lowest BCUT2D eigenvalue weighted by molar-refractivity contribution is -0.146. The van der Waals surface area contributed by atoms with E-state index in [9.17, 15) is 14.4 Å². The molecule has 2 aromatic rings. The molecule has 1 fully saturated rings. The molecule has 8 nitrogen and oxygen atoms in total. The second-order valence-electron chi connectivity index (χ2n) is 7.09. The summed E-state index contributed by atoms with van der Waals surface area (Å²) < 4.78 is 10.2. The van der Waals surface area contributed by atoms with Crippen LogP contribution >= 0.6 is 0 Å². The van der Waals surface area contributed by atoms with Crippen LogP contribution in [-0.4, -0.2) is 50.6 Å². The fraction of sp³-hybridized carbons (Fsp3) is 0.348. The minimum atomic E-state index is -0.696. The third kappa shape index (κ3) is 6.74. The van der Waals surface area contributed by atoms with Crippen LogP contribution < -0.4 is 20.3 Å². The minimum Gasteiger partial charge on any atom is -0.494 e. The van der Waals surface area contributed by atoms with Crippen molar-refractivity contribution in [1.29, 1.82) is 0 Å². The number of esters is 1. The molecule has 0 spiro atoms. The van der Waals surface area contributed by atoms with Gasteiger partial charge in [-0.2, -0.15) is 0 Å². The van der Waals surface area contributed by atoms with Gasteiger partial charge in [-0.15, -0.1) is 0 Å². The van der Waals surface area contributed by atoms with Gasteiger partial charge in [0.2, 0.25) is 0 Å². The summed E-state index contributed by atoms with van der Waals surface area (Å²) in [6, 6.07) is 14.1. The lowest BCUT2D eigenvalue weighted by atomic mass is 10.2. The second kappa shape index (κ2) is 11.0. The number of rotatable bonds is 9. The van der Waals surface area contributed by atoms with Gasteiger partial charge in [0.05, 0.1) is 6.61 Å². The zero-order valence-electron chi connectivity index (χ0n) is 17.6. The van der Waals surface area contributed by atoms with E-state index in [0.29, 0.717) is 23.6 Å². The fourth-order valence-electron chi connectivity index (χ4n) is 3.25. The van der Waals surface area contributed by atoms with Crippen LogP contribution in [0.25, 0.3) is 0 Å². The number of ether oxygens (including phenoxy) is 2. The molecule has 2 amide bonds. The van der Waals surface area contributed by atoms with Crippen molar-refractivity contribution in [1.82, 2.24) is 5.32 Å². The van der Waals surface area contributed by atoms with Gasteiger partial charge < -0.3 is 25.0 Å². The number of hydrogen-bond acceptors (Lipinski definition) is 6. The van der Waals surface area contributed by atoms with Crippen LogP contribution in [0.2, 0.25) is 0 Å². The predicted octanol–water partition coefficient (Wildman–Crippen LogP) is 2.60. The van der Waals surface area contributed by atoms with Crippen molar-refractivity contribution in [2.75, 3.05) is 43.1 Å². The SMILES string of the molecule is CCOc1ccc(C(=O)NCC(=O)OCC(=O)Nc2ccc(N3CCCC3)cc2)cc1. The van der Waals surface area contributed by atoms with E-state index in [2.05, 4.69) is 15.5 Å². The maximum atomic E-state index is 12.1. The number of nitrogens with one attached hydrogen (secondary N) is 2. The molecule has 0 bridgehead atoms. The Labute approximate surface area is 181 Å². The Morgan fingerprint density at radius 3 is 2.29 bits per heavy atom. The molecule has 0 aromatic heterocycles. The highest BCUT2D eigenvalue weighted by molar-refractivity contribution is 5.96. The lowest BCUT2D eigenvalue weighted by Gasteiger charge is -2.17. The third-order valence-corrected chi connectivity index (χ3v) is 4.81. The monoisotopic (exact) mass is 425 g/mol. The van der Waals surface area contributed by atoms with Crippen molar-refractivity contribution >= 4 is 29.2 Å². The van der Waals surface area contributed by atoms with Crippen LogP contribution in [0, 0.1) is 0 Å². The van der Waals surface area contributed by atoms with E-state index in [1.54, 1.807) is 24.3 Å². The molecule has 2 N–H and O–H groups in total. The van der Waals surface area contributed by atoms with E-state index < -0.39 is 24.4 Å². The minimum absolute atomic E-state index is 0.330. The average Bonchev–Trinajstić information content (AvgIpc) is 3.32. The number of nitrogens with zero attached hydrogens (tertiary/aromatic N) is 1. The van der Waals surface area contributed by atoms with Crippen LogP contribution in [0.4, 0.5) is 11.4 Å². The van der Waals surface area contributed by atoms with E-state index >= 15 is 0 Å². The summed E-state index contributed by atoms with van der Waals surface area (Å²) in [5.41, 5.74) is 2.16. The quantitative estimate of drug-likeness (QED) is 0.600. The Hall–Kier alpha value is -3.55. The average molecular weight is 425 g/mol. The zero-order valence-corrected chi connectivity index (χ0v) is 17.6. The summed E-state index contributed by atoms with van der Waals surface area (Å²) in [7, 11) is 0. The smallest absolute Gasteiger partial charge is 0.325 e. The van der Waals surface area contributed by atoms with Crippen molar-refractivity contribution in [2.45, 2.75) is 19.8 Å². The Bertz CT molecular complexity index is 890. The van der Waals surface area contributed by atoms with Crippen LogP contribution in [0.15, 0.2) is 48.5 Å². The summed E-state index contributed by atoms with van der Waals surface area (Å²) in [5, 5.41) is 5.15. The maximum absolute atomic E-state index is 12.1. The predicted molar refractivity (Wildman–Crippen MR) is 117 cm³/mol. The third-order valence-electron chi connectivity index (χ3n) is 4.81. The molecule has 31 heavy (non-hydrogen) atoms. The summed E-state index contributed by atoms with van der Waals surface area (Å²) in [5.74, 6) is -0.892. The van der Waals surface area contributed by atoms with Gasteiger partial charge in [0.1, 0.15) is 12.3 Å². The first-order valence-electron chi connectivity index (χ1n) is 10.4. The van der Waals surface area contributed by atoms with Gasteiger partial charge in [-0.25, -0.2) is 0 Å². The molecule has 1 aliphatic heterocycles. The summed E-state index contributed by atoms with van der Waals surface area (Å²) in [6.45, 7) is 3.76. The molecule has 1 heterocycles. The number of amides is 2. The molecule has 0 radical (unpaired) electrons. The van der Waals surface area contributed by atoms with Crippen molar-refractivity contribution in [3.8, 4) is 5.75 Å². The Morgan fingerprint density at radius 1 is 0.968 bits per heavy atom. The fourth-order valence-corrected chi connectivity index (χ4v) is 3.25. The number of carbonyl (C=O) groups excluding carboxylic acids is 3. The largest absolute Gasteiger partial charge is 0.494 e. The molecule has 0 unspecified atom stereocenters. The Balaban J connectivity index is 1.36. The van der Waals surface area contributed by atoms with Crippen molar-refractivity contribution < 1.29 is 23.9 Å². The van der Waals surface area contributed by atoms with Gasteiger partial charge in [0, 0.05) is 30.0 Å². The zero-order chi connectivity index (χ0) is 22.1. The molecule has 0 saturated carbocycles. The van der Waals surface area contributed by atoms with E-state index in [-0.39, 0.29) is 6.54 Å². The molecule has 2 aromatic carbocycles. The number of benzene rings is 2. The van der Waals surface area contributed by atoms with Gasteiger partial charge >= 0.3 is 5.97 Å². The highest BCUT2D eigenvalue weighted by Crippen LogP contribution is 2.22. The Morgan fingerprint density at radius 2 is 1.65 bits per heavy atom. The molecular formula is C23H27N3O5. The molecule has 3 rings (SSSR count). The van der Waals surface area contributed by atoms with Crippen molar-refractivity contribution in [2.24, 2.45) is 0 Å². The molecular weight excluding hydrogens is 398 g/mol. The second-order valence-corrected chi connectivity index (χ2v) is 7.09. The summed E-state index contributed by atoms with van der Waals surface area (Å²) in [4.78, 5) is 38.2. The van der Waals surface area contributed by atoms with Gasteiger partial charge in [0.25, 0.3) is 11.8 Å². The molecule has 1 aliphatic rings. The van der Waals surface area contributed by atoms with E-state index in [1.165, 1.54) is 12.8 Å². The van der Waals surface area contributed by atoms with E-state index in [4.69, 9.17) is 9.47 Å². The standard InChI is InChI=1S/C23H27N3O5/c1-2-30-20-11-5-17(6-12-20)23(29)24-15-22(28)31-16-21(27)25-18-7-9-19(10-8-18)26-13-3-4-14-26/h5-12H,2-4,13-16H2,1H3,(H,24,29)(H,25,27). The normalized spacial score (nSPS) is 12.9. The van der Waals surface area contributed by atoms with E-state index in [0.717, 1.165) is 18.8 Å². The van der Waals surface area contributed by atoms with E-state index in [1.807, 2.05) is 31.2 Å². The van der Waals surface area contributed by atoms with Gasteiger partial charge in [0.15, 0.2) is 6.61 Å². The number of anilines is 2. The molecule has 164 valence electrons. The first-order chi connectivity index (χ1) is 15.0. The lowest BCUT2D eigenvalue weighted by Crippen LogP contribution is -2.32. The van der Waals surface area contributed by atoms with Crippen molar-refractivity contribution in [3.63, 3.8) is 0 Å². The van der Waals surface area contributed by atoms with Crippen molar-refractivity contribution in [3.05, 3.63) is 54.1 Å². The van der Waals surface area contributed by atoms with Crippen LogP contribution in [0.5, 0.6) is 5.75 Å². The van der Waals surface area contributed by atoms with Crippen LogP contribution in [0.3, 0.4) is 0 Å². The van der Waals surface area contributed by atoms with Gasteiger partial charge in [-0.3, -0.25) is 14.4 Å². The van der Waals surface area contributed by atoms with Crippen LogP contribution in [0.1, 0.15) is 30.1 Å². The highest BCUT2D eigenvalue weighted by Gasteiger charge is 2.13. The highest BCUT2D eigenvalue weighted by atomic mass is 16.5. The molecule has 8 heteroatoms. The molecule has 0 atom stereocenters. The molecule has 0 aliphatic carbocycles. The topological polar surface area (TPSA) is 97.0 Å². The number of hydrogen-bond donors (Lipinski definition) is 2. The van der Waals surface area contributed by atoms with Gasteiger partial charge in [-0.05, 0) is 68.3 Å². The Kier molecular flexibility index (Phi) is 7.86. The maximum Gasteiger partial charge on any atom is 0.325 e. The summed E-state index contributed by atoms with van der Waals surface area (Å²) in [6.07, 6.45) is 2.40. The first kappa shape index (κ1) is 22.1. The first-order valence-corrected chi connectivity index (χ1v) is 10.4. The molecule has 1 saturated heterocycles.